The fourth-order valence-corrected chi connectivity index (χ4v) is 4.57. The molecule has 0 radical (unpaired) electrons. The van der Waals surface area contributed by atoms with E-state index in [0.29, 0.717) is 18.7 Å². The third kappa shape index (κ3) is 7.85. The van der Waals surface area contributed by atoms with Crippen LogP contribution in [-0.2, 0) is 26.2 Å². The molecule has 0 fully saturated rings. The van der Waals surface area contributed by atoms with Gasteiger partial charge in [0.1, 0.15) is 11.9 Å². The van der Waals surface area contributed by atoms with Gasteiger partial charge in [0.2, 0.25) is 21.8 Å². The summed E-state index contributed by atoms with van der Waals surface area (Å²) >= 11 is 0. The number of nitrogens with zero attached hydrogens (tertiary/aromatic N) is 2. The van der Waals surface area contributed by atoms with Crippen molar-refractivity contribution in [2.75, 3.05) is 23.7 Å². The zero-order valence-electron chi connectivity index (χ0n) is 19.3. The lowest BCUT2D eigenvalue weighted by molar-refractivity contribution is -0.141. The number of hydrogen-bond donors (Lipinski definition) is 1. The average molecular weight is 478 g/mol. The Kier molecular flexibility index (Phi) is 9.84. The molecule has 0 aliphatic carbocycles. The summed E-state index contributed by atoms with van der Waals surface area (Å²) in [5.74, 6) is -0.909. The number of hydrogen-bond acceptors (Lipinski definition) is 4. The zero-order chi connectivity index (χ0) is 24.4. The van der Waals surface area contributed by atoms with Gasteiger partial charge in [-0.1, -0.05) is 37.3 Å². The normalized spacial score (nSPS) is 12.1. The van der Waals surface area contributed by atoms with Crippen LogP contribution in [0.5, 0.6) is 0 Å². The van der Waals surface area contributed by atoms with Gasteiger partial charge in [0.25, 0.3) is 0 Å². The summed E-state index contributed by atoms with van der Waals surface area (Å²) in [5.41, 5.74) is 1.24. The summed E-state index contributed by atoms with van der Waals surface area (Å²) in [6.07, 6.45) is 1.84. The maximum atomic E-state index is 13.3. The van der Waals surface area contributed by atoms with Crippen LogP contribution < -0.4 is 9.62 Å². The van der Waals surface area contributed by atoms with Gasteiger partial charge in [0, 0.05) is 26.1 Å². The lowest BCUT2D eigenvalue weighted by Gasteiger charge is -2.31. The monoisotopic (exact) mass is 477 g/mol. The van der Waals surface area contributed by atoms with Gasteiger partial charge in [-0.2, -0.15) is 0 Å². The minimum atomic E-state index is -3.62. The SMILES string of the molecule is CCNC(=O)[C@H](CC)N(Cc1ccccc1)C(=O)CCCN(c1ccc(F)cc1)S(C)(=O)=O. The highest BCUT2D eigenvalue weighted by Crippen LogP contribution is 2.20. The van der Waals surface area contributed by atoms with Gasteiger partial charge in [-0.3, -0.25) is 13.9 Å². The van der Waals surface area contributed by atoms with E-state index >= 15 is 0 Å². The predicted octanol–water partition coefficient (Wildman–Crippen LogP) is 3.32. The van der Waals surface area contributed by atoms with Crippen molar-refractivity contribution in [2.45, 2.75) is 45.7 Å². The second-order valence-electron chi connectivity index (χ2n) is 7.74. The quantitative estimate of drug-likeness (QED) is 0.508. The van der Waals surface area contributed by atoms with Gasteiger partial charge in [-0.05, 0) is 49.6 Å². The molecule has 0 unspecified atom stereocenters. The Hall–Kier alpha value is -2.94. The summed E-state index contributed by atoms with van der Waals surface area (Å²) in [7, 11) is -3.62. The maximum Gasteiger partial charge on any atom is 0.242 e. The smallest absolute Gasteiger partial charge is 0.242 e. The van der Waals surface area contributed by atoms with Crippen LogP contribution in [0, 0.1) is 5.82 Å². The van der Waals surface area contributed by atoms with Gasteiger partial charge >= 0.3 is 0 Å². The van der Waals surface area contributed by atoms with Gasteiger partial charge in [0.05, 0.1) is 11.9 Å². The van der Waals surface area contributed by atoms with Crippen molar-refractivity contribution in [3.8, 4) is 0 Å². The molecule has 2 aromatic rings. The van der Waals surface area contributed by atoms with Crippen molar-refractivity contribution in [1.82, 2.24) is 10.2 Å². The standard InChI is InChI=1S/C24H32FN3O4S/c1-4-22(24(30)26-5-2)27(18-19-10-7-6-8-11-19)23(29)12-9-17-28(33(3,31)32)21-15-13-20(25)14-16-21/h6-8,10-11,13-16,22H,4-5,9,12,17-18H2,1-3H3,(H,26,30)/t22-/m0/s1. The summed E-state index contributed by atoms with van der Waals surface area (Å²) in [6.45, 7) is 4.48. The number of halogens is 1. The van der Waals surface area contributed by atoms with E-state index in [1.54, 1.807) is 4.90 Å². The fraction of sp³-hybridized carbons (Fsp3) is 0.417. The first-order valence-electron chi connectivity index (χ1n) is 11.0. The van der Waals surface area contributed by atoms with Crippen LogP contribution >= 0.6 is 0 Å². The number of likely N-dealkylation sites (N-methyl/N-ethyl adjacent to an activating group) is 1. The van der Waals surface area contributed by atoms with Gasteiger partial charge in [-0.15, -0.1) is 0 Å². The molecule has 2 amide bonds. The van der Waals surface area contributed by atoms with Crippen LogP contribution in [0.15, 0.2) is 54.6 Å². The molecular formula is C24H32FN3O4S. The van der Waals surface area contributed by atoms with Crippen LogP contribution in [0.1, 0.15) is 38.7 Å². The molecule has 33 heavy (non-hydrogen) atoms. The molecule has 0 aliphatic rings. The van der Waals surface area contributed by atoms with Crippen LogP contribution in [-0.4, -0.2) is 50.5 Å². The lowest BCUT2D eigenvalue weighted by Crippen LogP contribution is -2.49. The third-order valence-corrected chi connectivity index (χ3v) is 6.39. The fourth-order valence-electron chi connectivity index (χ4n) is 3.60. The first-order chi connectivity index (χ1) is 15.7. The second-order valence-corrected chi connectivity index (χ2v) is 9.65. The van der Waals surface area contributed by atoms with Crippen LogP contribution in [0.4, 0.5) is 10.1 Å². The molecular weight excluding hydrogens is 445 g/mol. The van der Waals surface area contributed by atoms with Gasteiger partial charge in [-0.25, -0.2) is 12.8 Å². The van der Waals surface area contributed by atoms with Crippen molar-refractivity contribution in [2.24, 2.45) is 0 Å². The first-order valence-corrected chi connectivity index (χ1v) is 12.9. The molecule has 0 spiro atoms. The molecule has 0 heterocycles. The molecule has 1 atom stereocenters. The summed E-state index contributed by atoms with van der Waals surface area (Å²) in [4.78, 5) is 27.4. The van der Waals surface area contributed by atoms with E-state index < -0.39 is 21.9 Å². The predicted molar refractivity (Wildman–Crippen MR) is 128 cm³/mol. The Balaban J connectivity index is 2.16. The first kappa shape index (κ1) is 26.3. The summed E-state index contributed by atoms with van der Waals surface area (Å²) in [5, 5.41) is 2.79. The Morgan fingerprint density at radius 3 is 2.21 bits per heavy atom. The average Bonchev–Trinajstić information content (AvgIpc) is 2.77. The second kappa shape index (κ2) is 12.3. The molecule has 2 rings (SSSR count). The molecule has 0 saturated heterocycles. The Labute approximate surface area is 195 Å². The highest BCUT2D eigenvalue weighted by atomic mass is 32.2. The number of carbonyl (C=O) groups is 2. The van der Waals surface area contributed by atoms with Gasteiger partial charge in [0.15, 0.2) is 0 Å². The molecule has 0 aromatic heterocycles. The number of rotatable bonds is 12. The molecule has 180 valence electrons. The topological polar surface area (TPSA) is 86.8 Å². The van der Waals surface area contributed by atoms with Gasteiger partial charge < -0.3 is 10.2 Å². The van der Waals surface area contributed by atoms with Crippen LogP contribution in [0.3, 0.4) is 0 Å². The molecule has 0 aliphatic heterocycles. The largest absolute Gasteiger partial charge is 0.355 e. The van der Waals surface area contributed by atoms with E-state index in [2.05, 4.69) is 5.32 Å². The Bertz CT molecular complexity index is 1010. The number of benzene rings is 2. The van der Waals surface area contributed by atoms with E-state index in [1.165, 1.54) is 24.3 Å². The minimum absolute atomic E-state index is 0.0628. The van der Waals surface area contributed by atoms with Crippen molar-refractivity contribution < 1.29 is 22.4 Å². The maximum absolute atomic E-state index is 13.3. The number of nitrogens with one attached hydrogen (secondary N) is 1. The van der Waals surface area contributed by atoms with Crippen molar-refractivity contribution >= 4 is 27.5 Å². The number of amides is 2. The van der Waals surface area contributed by atoms with E-state index in [1.807, 2.05) is 44.2 Å². The minimum Gasteiger partial charge on any atom is -0.355 e. The molecule has 7 nitrogen and oxygen atoms in total. The summed E-state index contributed by atoms with van der Waals surface area (Å²) < 4.78 is 38.9. The number of anilines is 1. The molecule has 2 aromatic carbocycles. The molecule has 9 heteroatoms. The van der Waals surface area contributed by atoms with Crippen LogP contribution in [0.25, 0.3) is 0 Å². The Morgan fingerprint density at radius 1 is 1.03 bits per heavy atom. The Morgan fingerprint density at radius 2 is 1.67 bits per heavy atom. The van der Waals surface area contributed by atoms with E-state index in [-0.39, 0.29) is 37.7 Å². The lowest BCUT2D eigenvalue weighted by atomic mass is 10.1. The van der Waals surface area contributed by atoms with Crippen molar-refractivity contribution in [1.29, 1.82) is 0 Å². The zero-order valence-corrected chi connectivity index (χ0v) is 20.1. The highest BCUT2D eigenvalue weighted by Gasteiger charge is 2.28. The number of sulfonamides is 1. The van der Waals surface area contributed by atoms with E-state index in [4.69, 9.17) is 0 Å². The van der Waals surface area contributed by atoms with E-state index in [0.717, 1.165) is 16.1 Å². The van der Waals surface area contributed by atoms with Crippen LogP contribution in [0.2, 0.25) is 0 Å². The van der Waals surface area contributed by atoms with E-state index in [9.17, 15) is 22.4 Å². The molecule has 0 bridgehead atoms. The highest BCUT2D eigenvalue weighted by molar-refractivity contribution is 7.92. The third-order valence-electron chi connectivity index (χ3n) is 5.20. The number of carbonyl (C=O) groups excluding carboxylic acids is 2. The van der Waals surface area contributed by atoms with Crippen molar-refractivity contribution in [3.05, 3.63) is 66.0 Å². The molecule has 0 saturated carbocycles. The van der Waals surface area contributed by atoms with Crippen molar-refractivity contribution in [3.63, 3.8) is 0 Å². The molecule has 1 N–H and O–H groups in total. The summed E-state index contributed by atoms with van der Waals surface area (Å²) in [6, 6.07) is 14.0.